The van der Waals surface area contributed by atoms with Crippen molar-refractivity contribution in [3.8, 4) is 11.5 Å². The van der Waals surface area contributed by atoms with Crippen LogP contribution in [0.2, 0.25) is 0 Å². The minimum Gasteiger partial charge on any atom is -0.493 e. The van der Waals surface area contributed by atoms with Crippen LogP contribution < -0.4 is 20.1 Å². The lowest BCUT2D eigenvalue weighted by Gasteiger charge is -2.39. The molecule has 0 aliphatic heterocycles. The zero-order valence-corrected chi connectivity index (χ0v) is 19.7. The molecule has 184 valence electrons. The molecule has 1 aliphatic rings. The maximum atomic E-state index is 13.5. The molecule has 2 N–H and O–H groups in total. The van der Waals surface area contributed by atoms with Gasteiger partial charge in [0.25, 0.3) is 0 Å². The van der Waals surface area contributed by atoms with Gasteiger partial charge in [-0.05, 0) is 57.3 Å². The van der Waals surface area contributed by atoms with Crippen LogP contribution in [0.25, 0.3) is 11.0 Å². The first kappa shape index (κ1) is 22.7. The Labute approximate surface area is 205 Å². The topological polar surface area (TPSA) is 97.3 Å². The van der Waals surface area contributed by atoms with Crippen molar-refractivity contribution in [2.24, 2.45) is 0 Å². The third-order valence-electron chi connectivity index (χ3n) is 5.94. The number of nitrogens with zero attached hydrogens (tertiary/aromatic N) is 5. The molecule has 35 heavy (non-hydrogen) atoms. The molecular formula is C25H30FN7O2. The van der Waals surface area contributed by atoms with E-state index in [2.05, 4.69) is 49.6 Å². The number of methoxy groups -OCH3 is 1. The van der Waals surface area contributed by atoms with Gasteiger partial charge < -0.3 is 25.0 Å². The van der Waals surface area contributed by atoms with Gasteiger partial charge in [0.15, 0.2) is 17.1 Å². The molecule has 0 atom stereocenters. The Morgan fingerprint density at radius 3 is 2.60 bits per heavy atom. The number of halogens is 1. The van der Waals surface area contributed by atoms with Crippen LogP contribution in [0.15, 0.2) is 55.0 Å². The van der Waals surface area contributed by atoms with Crippen molar-refractivity contribution in [1.29, 1.82) is 0 Å². The van der Waals surface area contributed by atoms with Gasteiger partial charge >= 0.3 is 0 Å². The Hall–Kier alpha value is -4.05. The first-order valence-corrected chi connectivity index (χ1v) is 11.3. The van der Waals surface area contributed by atoms with E-state index < -0.39 is 5.82 Å². The summed E-state index contributed by atoms with van der Waals surface area (Å²) in [6.45, 7) is 0. The molecule has 4 aromatic rings. The third-order valence-corrected chi connectivity index (χ3v) is 5.94. The second kappa shape index (κ2) is 9.67. The molecule has 1 aromatic carbocycles. The molecule has 0 amide bonds. The number of aromatic nitrogens is 4. The zero-order valence-electron chi connectivity index (χ0n) is 19.7. The summed E-state index contributed by atoms with van der Waals surface area (Å²) in [6.07, 6.45) is 6.60. The molecule has 10 heteroatoms. The number of pyridine rings is 2. The van der Waals surface area contributed by atoms with E-state index >= 15 is 0 Å². The standard InChI is InChI=1S/C25H26FN7O2.2H2/c1-33(2)19-11-20(12-19)35-21-5-4-17(10-22(21)34-3)31-25-27-7-6-23(32-25)30-18-9-15-8-16(26)13-28-24(15)29-14-18;;/h4-10,13-14,19-20H,11-12H2,1-3H3,(H2,27,30,31,32);2*1H. The molecule has 0 unspecified atom stereocenters. The highest BCUT2D eigenvalue weighted by Gasteiger charge is 2.32. The van der Waals surface area contributed by atoms with Gasteiger partial charge in [0.2, 0.25) is 5.95 Å². The van der Waals surface area contributed by atoms with E-state index in [1.165, 1.54) is 6.07 Å². The lowest BCUT2D eigenvalue weighted by atomic mass is 9.88. The molecule has 0 saturated heterocycles. The number of hydrogen-bond acceptors (Lipinski definition) is 9. The summed E-state index contributed by atoms with van der Waals surface area (Å²) in [5, 5.41) is 6.95. The molecule has 3 aromatic heterocycles. The van der Waals surface area contributed by atoms with Crippen LogP contribution in [-0.4, -0.2) is 58.2 Å². The van der Waals surface area contributed by atoms with Crippen molar-refractivity contribution in [3.63, 3.8) is 0 Å². The van der Waals surface area contributed by atoms with Gasteiger partial charge in [0.05, 0.1) is 25.2 Å². The number of benzene rings is 1. The predicted molar refractivity (Wildman–Crippen MR) is 136 cm³/mol. The molecule has 0 bridgehead atoms. The largest absolute Gasteiger partial charge is 0.493 e. The zero-order chi connectivity index (χ0) is 24.4. The number of nitrogens with one attached hydrogen (secondary N) is 2. The highest BCUT2D eigenvalue weighted by atomic mass is 19.1. The molecule has 0 radical (unpaired) electrons. The summed E-state index contributed by atoms with van der Waals surface area (Å²) in [7, 11) is 5.80. The summed E-state index contributed by atoms with van der Waals surface area (Å²) in [5.41, 5.74) is 1.89. The second-order valence-electron chi connectivity index (χ2n) is 8.63. The fraction of sp³-hybridized carbons (Fsp3) is 0.280. The van der Waals surface area contributed by atoms with E-state index in [-0.39, 0.29) is 8.96 Å². The van der Waals surface area contributed by atoms with E-state index in [1.54, 1.807) is 31.6 Å². The fourth-order valence-corrected chi connectivity index (χ4v) is 3.91. The van der Waals surface area contributed by atoms with Gasteiger partial charge in [-0.1, -0.05) is 0 Å². The van der Waals surface area contributed by atoms with Crippen LogP contribution in [0.5, 0.6) is 11.5 Å². The number of anilines is 4. The monoisotopic (exact) mass is 479 g/mol. The molecular weight excluding hydrogens is 449 g/mol. The fourth-order valence-electron chi connectivity index (χ4n) is 3.91. The van der Waals surface area contributed by atoms with E-state index in [1.807, 2.05) is 18.2 Å². The number of ether oxygens (including phenoxy) is 2. The van der Waals surface area contributed by atoms with E-state index in [0.29, 0.717) is 46.0 Å². The SMILES string of the molecule is COc1cc(Nc2nccc(Nc3cnc4ncc(F)cc4c3)n2)ccc1OC1CC(N(C)C)C1.[HH].[HH]. The van der Waals surface area contributed by atoms with Crippen LogP contribution in [0.3, 0.4) is 0 Å². The average Bonchev–Trinajstić information content (AvgIpc) is 2.81. The number of fused-ring (bicyclic) bond motifs is 1. The molecule has 1 aliphatic carbocycles. The van der Waals surface area contributed by atoms with Crippen molar-refractivity contribution in [2.45, 2.75) is 25.0 Å². The van der Waals surface area contributed by atoms with E-state index in [9.17, 15) is 4.39 Å². The molecule has 9 nitrogen and oxygen atoms in total. The Balaban J connectivity index is 0.00000190. The Bertz CT molecular complexity index is 1360. The molecule has 5 rings (SSSR count). The summed E-state index contributed by atoms with van der Waals surface area (Å²) < 4.78 is 25.2. The van der Waals surface area contributed by atoms with Crippen LogP contribution in [0.1, 0.15) is 15.7 Å². The van der Waals surface area contributed by atoms with Crippen molar-refractivity contribution < 1.29 is 16.7 Å². The van der Waals surface area contributed by atoms with Crippen LogP contribution in [-0.2, 0) is 0 Å². The summed E-state index contributed by atoms with van der Waals surface area (Å²) >= 11 is 0. The van der Waals surface area contributed by atoms with Gasteiger partial charge in [-0.25, -0.2) is 19.3 Å². The van der Waals surface area contributed by atoms with E-state index in [4.69, 9.17) is 9.47 Å². The summed E-state index contributed by atoms with van der Waals surface area (Å²) in [4.78, 5) is 19.3. The Kier molecular flexibility index (Phi) is 6.28. The van der Waals surface area contributed by atoms with Crippen LogP contribution >= 0.6 is 0 Å². The number of hydrogen-bond donors (Lipinski definition) is 2. The highest BCUT2D eigenvalue weighted by Crippen LogP contribution is 2.36. The quantitative estimate of drug-likeness (QED) is 0.361. The Morgan fingerprint density at radius 2 is 1.80 bits per heavy atom. The van der Waals surface area contributed by atoms with Crippen LogP contribution in [0, 0.1) is 5.82 Å². The molecule has 3 heterocycles. The smallest absolute Gasteiger partial charge is 0.229 e. The first-order valence-electron chi connectivity index (χ1n) is 11.3. The second-order valence-corrected chi connectivity index (χ2v) is 8.63. The average molecular weight is 480 g/mol. The summed E-state index contributed by atoms with van der Waals surface area (Å²) in [6, 6.07) is 11.1. The maximum absolute atomic E-state index is 13.5. The van der Waals surface area contributed by atoms with Crippen LogP contribution in [0.4, 0.5) is 27.5 Å². The first-order chi connectivity index (χ1) is 17.0. The normalized spacial score (nSPS) is 17.2. The van der Waals surface area contributed by atoms with Crippen molar-refractivity contribution in [1.82, 2.24) is 24.8 Å². The van der Waals surface area contributed by atoms with Gasteiger partial charge in [0.1, 0.15) is 17.7 Å². The minimum absolute atomic E-state index is 0. The van der Waals surface area contributed by atoms with Gasteiger partial charge in [-0.15, -0.1) is 0 Å². The summed E-state index contributed by atoms with van der Waals surface area (Å²) in [5.74, 6) is 1.90. The van der Waals surface area contributed by atoms with Gasteiger partial charge in [-0.2, -0.15) is 4.98 Å². The molecule has 1 saturated carbocycles. The molecule has 1 fully saturated rings. The van der Waals surface area contributed by atoms with E-state index in [0.717, 1.165) is 24.7 Å². The predicted octanol–water partition coefficient (Wildman–Crippen LogP) is 5.02. The minimum atomic E-state index is -0.415. The highest BCUT2D eigenvalue weighted by molar-refractivity contribution is 5.79. The maximum Gasteiger partial charge on any atom is 0.229 e. The van der Waals surface area contributed by atoms with Gasteiger partial charge in [0, 0.05) is 32.2 Å². The lowest BCUT2D eigenvalue weighted by Crippen LogP contribution is -2.46. The Morgan fingerprint density at radius 1 is 0.971 bits per heavy atom. The van der Waals surface area contributed by atoms with Crippen molar-refractivity contribution in [2.75, 3.05) is 31.8 Å². The van der Waals surface area contributed by atoms with Gasteiger partial charge in [-0.3, -0.25) is 0 Å². The third kappa shape index (κ3) is 5.22. The molecule has 0 spiro atoms. The van der Waals surface area contributed by atoms with Crippen molar-refractivity contribution >= 4 is 34.2 Å². The van der Waals surface area contributed by atoms with Crippen molar-refractivity contribution in [3.05, 3.63) is 60.8 Å². The number of rotatable bonds is 8. The lowest BCUT2D eigenvalue weighted by molar-refractivity contribution is 0.0383.